The maximum absolute atomic E-state index is 12.9. The highest BCUT2D eigenvalue weighted by Gasteiger charge is 2.31. The third kappa shape index (κ3) is 4.07. The first-order chi connectivity index (χ1) is 12.2. The number of primary amides is 1. The molecular formula is C18H20F3N3O2. The monoisotopic (exact) mass is 367 g/mol. The molecule has 3 rings (SSSR count). The molecule has 0 bridgehead atoms. The summed E-state index contributed by atoms with van der Waals surface area (Å²) in [6, 6.07) is 4.91. The number of carbonyl (C=O) groups excluding carboxylic acids is 1. The van der Waals surface area contributed by atoms with Gasteiger partial charge in [0.05, 0.1) is 17.2 Å². The number of likely N-dealkylation sites (tertiary alicyclic amines) is 1. The summed E-state index contributed by atoms with van der Waals surface area (Å²) < 4.78 is 44.2. The Labute approximate surface area is 149 Å². The van der Waals surface area contributed by atoms with Crippen molar-refractivity contribution >= 4 is 5.91 Å². The molecule has 0 saturated carbocycles. The van der Waals surface area contributed by atoms with Crippen LogP contribution in [-0.2, 0) is 17.5 Å². The van der Waals surface area contributed by atoms with Crippen LogP contribution in [0.2, 0.25) is 0 Å². The summed E-state index contributed by atoms with van der Waals surface area (Å²) >= 11 is 0. The van der Waals surface area contributed by atoms with E-state index in [9.17, 15) is 18.0 Å². The number of hydrogen-bond donors (Lipinski definition) is 1. The normalized spacial score (nSPS) is 18.8. The van der Waals surface area contributed by atoms with E-state index in [1.807, 2.05) is 0 Å². The zero-order valence-electron chi connectivity index (χ0n) is 14.3. The Morgan fingerprint density at radius 3 is 2.88 bits per heavy atom. The summed E-state index contributed by atoms with van der Waals surface area (Å²) in [5.74, 6) is 0.223. The minimum atomic E-state index is -4.42. The van der Waals surface area contributed by atoms with Gasteiger partial charge in [0.25, 0.3) is 0 Å². The van der Waals surface area contributed by atoms with E-state index < -0.39 is 11.7 Å². The van der Waals surface area contributed by atoms with Gasteiger partial charge in [0.15, 0.2) is 0 Å². The van der Waals surface area contributed by atoms with E-state index in [4.69, 9.17) is 10.2 Å². The smallest absolute Gasteiger partial charge is 0.416 e. The lowest BCUT2D eigenvalue weighted by Crippen LogP contribution is -2.40. The number of carbonyl (C=O) groups is 1. The predicted octanol–water partition coefficient (Wildman–Crippen LogP) is 3.37. The average molecular weight is 367 g/mol. The largest absolute Gasteiger partial charge is 0.441 e. The number of alkyl halides is 3. The first-order valence-electron chi connectivity index (χ1n) is 8.39. The number of oxazole rings is 1. The fraction of sp³-hybridized carbons (Fsp3) is 0.444. The van der Waals surface area contributed by atoms with Gasteiger partial charge >= 0.3 is 6.18 Å². The summed E-state index contributed by atoms with van der Waals surface area (Å²) in [5, 5.41) is 0. The number of aromatic nitrogens is 1. The number of halogens is 3. The van der Waals surface area contributed by atoms with Crippen molar-refractivity contribution in [1.29, 1.82) is 0 Å². The highest BCUT2D eigenvalue weighted by atomic mass is 19.4. The van der Waals surface area contributed by atoms with Crippen molar-refractivity contribution in [2.45, 2.75) is 32.5 Å². The molecule has 0 radical (unpaired) electrons. The number of nitrogens with two attached hydrogens (primary N) is 1. The van der Waals surface area contributed by atoms with Gasteiger partial charge in [-0.25, -0.2) is 4.98 Å². The van der Waals surface area contributed by atoms with Gasteiger partial charge in [0, 0.05) is 18.7 Å². The van der Waals surface area contributed by atoms with Gasteiger partial charge in [-0.05, 0) is 44.5 Å². The van der Waals surface area contributed by atoms with Crippen LogP contribution in [0.15, 0.2) is 28.7 Å². The first kappa shape index (κ1) is 18.4. The van der Waals surface area contributed by atoms with Gasteiger partial charge in [0.1, 0.15) is 5.76 Å². The van der Waals surface area contributed by atoms with Crippen molar-refractivity contribution in [3.05, 3.63) is 41.3 Å². The fourth-order valence-corrected chi connectivity index (χ4v) is 3.17. The Balaban J connectivity index is 1.78. The van der Waals surface area contributed by atoms with E-state index in [0.29, 0.717) is 24.5 Å². The lowest BCUT2D eigenvalue weighted by molar-refractivity contribution is -0.137. The number of nitrogens with zero attached hydrogens (tertiary/aromatic N) is 2. The lowest BCUT2D eigenvalue weighted by Gasteiger charge is -2.30. The second-order valence-electron chi connectivity index (χ2n) is 6.58. The van der Waals surface area contributed by atoms with E-state index >= 15 is 0 Å². The van der Waals surface area contributed by atoms with Crippen LogP contribution in [-0.4, -0.2) is 28.9 Å². The molecule has 8 heteroatoms. The van der Waals surface area contributed by atoms with Gasteiger partial charge in [-0.3, -0.25) is 9.69 Å². The summed E-state index contributed by atoms with van der Waals surface area (Å²) in [6.45, 7) is 3.57. The number of aryl methyl sites for hydroxylation is 1. The Morgan fingerprint density at radius 2 is 2.19 bits per heavy atom. The zero-order chi connectivity index (χ0) is 18.9. The number of hydrogen-bond acceptors (Lipinski definition) is 4. The quantitative estimate of drug-likeness (QED) is 0.899. The van der Waals surface area contributed by atoms with Crippen molar-refractivity contribution in [3.63, 3.8) is 0 Å². The fourth-order valence-electron chi connectivity index (χ4n) is 3.17. The number of amides is 1. The molecule has 2 N–H and O–H groups in total. The Hall–Kier alpha value is -2.35. The highest BCUT2D eigenvalue weighted by Crippen LogP contribution is 2.32. The predicted molar refractivity (Wildman–Crippen MR) is 88.9 cm³/mol. The van der Waals surface area contributed by atoms with Crippen LogP contribution in [0, 0.1) is 12.8 Å². The maximum atomic E-state index is 12.9. The molecule has 1 saturated heterocycles. The molecule has 1 unspecified atom stereocenters. The molecule has 1 aromatic heterocycles. The average Bonchev–Trinajstić information content (AvgIpc) is 2.95. The Bertz CT molecular complexity index is 801. The van der Waals surface area contributed by atoms with Crippen LogP contribution >= 0.6 is 0 Å². The van der Waals surface area contributed by atoms with Gasteiger partial charge in [0.2, 0.25) is 11.8 Å². The first-order valence-corrected chi connectivity index (χ1v) is 8.39. The van der Waals surface area contributed by atoms with E-state index in [0.717, 1.165) is 31.5 Å². The summed E-state index contributed by atoms with van der Waals surface area (Å²) in [5.41, 5.74) is 5.58. The van der Waals surface area contributed by atoms with Crippen LogP contribution < -0.4 is 5.73 Å². The number of rotatable bonds is 4. The van der Waals surface area contributed by atoms with Crippen LogP contribution in [0.4, 0.5) is 13.2 Å². The van der Waals surface area contributed by atoms with Gasteiger partial charge < -0.3 is 10.2 Å². The Morgan fingerprint density at radius 1 is 1.42 bits per heavy atom. The molecule has 5 nitrogen and oxygen atoms in total. The molecule has 0 aliphatic carbocycles. The molecule has 2 heterocycles. The van der Waals surface area contributed by atoms with Gasteiger partial charge in [-0.2, -0.15) is 13.2 Å². The SMILES string of the molecule is Cc1oc(-c2cccc(C(F)(F)F)c2)nc1CN1CCCC(C(N)=O)C1. The van der Waals surface area contributed by atoms with Crippen molar-refractivity contribution < 1.29 is 22.4 Å². The third-order valence-corrected chi connectivity index (χ3v) is 4.61. The highest BCUT2D eigenvalue weighted by molar-refractivity contribution is 5.76. The molecule has 1 aliphatic heterocycles. The second kappa shape index (κ2) is 7.11. The molecule has 1 atom stereocenters. The number of piperidine rings is 1. The summed E-state index contributed by atoms with van der Waals surface area (Å²) in [7, 11) is 0. The summed E-state index contributed by atoms with van der Waals surface area (Å²) in [4.78, 5) is 17.8. The van der Waals surface area contributed by atoms with Crippen molar-refractivity contribution in [2.24, 2.45) is 11.7 Å². The van der Waals surface area contributed by atoms with Crippen molar-refractivity contribution in [1.82, 2.24) is 9.88 Å². The minimum Gasteiger partial charge on any atom is -0.441 e. The molecule has 0 spiro atoms. The van der Waals surface area contributed by atoms with Crippen LogP contribution in [0.25, 0.3) is 11.5 Å². The van der Waals surface area contributed by atoms with Crippen LogP contribution in [0.3, 0.4) is 0 Å². The molecule has 26 heavy (non-hydrogen) atoms. The standard InChI is InChI=1S/C18H20F3N3O2/c1-11-15(10-24-7-3-5-13(9-24)16(22)25)23-17(26-11)12-4-2-6-14(8-12)18(19,20)21/h2,4,6,8,13H,3,5,7,9-10H2,1H3,(H2,22,25). The van der Waals surface area contributed by atoms with E-state index in [-0.39, 0.29) is 23.3 Å². The third-order valence-electron chi connectivity index (χ3n) is 4.61. The minimum absolute atomic E-state index is 0.159. The molecule has 1 fully saturated rings. The van der Waals surface area contributed by atoms with E-state index in [1.165, 1.54) is 12.1 Å². The summed E-state index contributed by atoms with van der Waals surface area (Å²) in [6.07, 6.45) is -2.78. The van der Waals surface area contributed by atoms with Crippen molar-refractivity contribution in [2.75, 3.05) is 13.1 Å². The Kier molecular flexibility index (Phi) is 5.04. The zero-order valence-corrected chi connectivity index (χ0v) is 14.3. The molecular weight excluding hydrogens is 347 g/mol. The lowest BCUT2D eigenvalue weighted by atomic mass is 9.97. The topological polar surface area (TPSA) is 72.4 Å². The maximum Gasteiger partial charge on any atom is 0.416 e. The van der Waals surface area contributed by atoms with Crippen LogP contribution in [0.5, 0.6) is 0 Å². The van der Waals surface area contributed by atoms with Crippen molar-refractivity contribution in [3.8, 4) is 11.5 Å². The van der Waals surface area contributed by atoms with Crippen LogP contribution in [0.1, 0.15) is 29.9 Å². The van der Waals surface area contributed by atoms with Gasteiger partial charge in [-0.1, -0.05) is 6.07 Å². The molecule has 2 aromatic rings. The molecule has 140 valence electrons. The number of benzene rings is 1. The molecule has 1 amide bonds. The molecule has 1 aromatic carbocycles. The van der Waals surface area contributed by atoms with Gasteiger partial charge in [-0.15, -0.1) is 0 Å². The van der Waals surface area contributed by atoms with E-state index in [1.54, 1.807) is 6.92 Å². The van der Waals surface area contributed by atoms with E-state index in [2.05, 4.69) is 9.88 Å². The molecule has 1 aliphatic rings. The second-order valence-corrected chi connectivity index (χ2v) is 6.58.